The van der Waals surface area contributed by atoms with Crippen molar-refractivity contribution in [3.05, 3.63) is 59.7 Å². The zero-order chi connectivity index (χ0) is 20.9. The minimum atomic E-state index is -0.338. The summed E-state index contributed by atoms with van der Waals surface area (Å²) in [6.07, 6.45) is 3.66. The van der Waals surface area contributed by atoms with Gasteiger partial charge in [-0.1, -0.05) is 26.7 Å². The lowest BCUT2D eigenvalue weighted by atomic mass is 10.2. The lowest BCUT2D eigenvalue weighted by molar-refractivity contribution is 0.0490. The fourth-order valence-electron chi connectivity index (χ4n) is 2.33. The molecule has 2 rings (SSSR count). The summed E-state index contributed by atoms with van der Waals surface area (Å²) < 4.78 is 21.4. The average molecular weight is 398 g/mol. The van der Waals surface area contributed by atoms with Gasteiger partial charge in [0.2, 0.25) is 0 Å². The van der Waals surface area contributed by atoms with Crippen LogP contribution in [-0.4, -0.2) is 32.8 Å². The standard InChI is InChI=1S/C22H27BO6/c1-3-5-15-26-21(24)17-7-11-19(12-8-17)28-23-29-20-13-9-18(10-14-20)22(25)27-16-6-4-2/h7-14,23H,3-6,15-16H2,1-2H3. The molecule has 154 valence electrons. The van der Waals surface area contributed by atoms with Crippen LogP contribution in [-0.2, 0) is 9.47 Å². The van der Waals surface area contributed by atoms with Crippen molar-refractivity contribution < 1.29 is 28.4 Å². The lowest BCUT2D eigenvalue weighted by Gasteiger charge is -2.09. The lowest BCUT2D eigenvalue weighted by Crippen LogP contribution is -2.12. The summed E-state index contributed by atoms with van der Waals surface area (Å²) in [5, 5.41) is 0. The smallest absolute Gasteiger partial charge is 0.529 e. The highest BCUT2D eigenvalue weighted by Crippen LogP contribution is 2.15. The monoisotopic (exact) mass is 398 g/mol. The fourth-order valence-corrected chi connectivity index (χ4v) is 2.33. The Morgan fingerprint density at radius 3 is 1.41 bits per heavy atom. The van der Waals surface area contributed by atoms with Crippen molar-refractivity contribution in [3.63, 3.8) is 0 Å². The summed E-state index contributed by atoms with van der Waals surface area (Å²) in [5.74, 6) is 0.474. The molecular formula is C22H27BO6. The van der Waals surface area contributed by atoms with Crippen LogP contribution in [0.2, 0.25) is 0 Å². The minimum Gasteiger partial charge on any atom is -0.529 e. The first-order valence-corrected chi connectivity index (χ1v) is 9.94. The highest BCUT2D eigenvalue weighted by atomic mass is 16.6. The fraction of sp³-hybridized carbons (Fsp3) is 0.364. The Balaban J connectivity index is 1.75. The number of rotatable bonds is 12. The quantitative estimate of drug-likeness (QED) is 0.301. The Morgan fingerprint density at radius 2 is 1.07 bits per heavy atom. The number of unbranched alkanes of at least 4 members (excludes halogenated alkanes) is 2. The summed E-state index contributed by atoms with van der Waals surface area (Å²) in [4.78, 5) is 23.7. The molecule has 0 aliphatic carbocycles. The molecule has 0 saturated heterocycles. The third-order valence-electron chi connectivity index (χ3n) is 4.09. The Bertz CT molecular complexity index is 692. The van der Waals surface area contributed by atoms with E-state index in [0.29, 0.717) is 35.8 Å². The van der Waals surface area contributed by atoms with E-state index in [9.17, 15) is 9.59 Å². The van der Waals surface area contributed by atoms with Gasteiger partial charge in [-0.3, -0.25) is 0 Å². The van der Waals surface area contributed by atoms with Gasteiger partial charge in [-0.15, -0.1) is 0 Å². The summed E-state index contributed by atoms with van der Waals surface area (Å²) >= 11 is 0. The van der Waals surface area contributed by atoms with E-state index in [2.05, 4.69) is 0 Å². The molecule has 0 amide bonds. The summed E-state index contributed by atoms with van der Waals surface area (Å²) in [5.41, 5.74) is 0.964. The SMILES string of the molecule is CCCCOC(=O)c1ccc(OBOc2ccc(C(=O)OCCCC)cc2)cc1. The van der Waals surface area contributed by atoms with Crippen LogP contribution in [0.25, 0.3) is 0 Å². The summed E-state index contributed by atoms with van der Waals surface area (Å²) in [6.45, 7) is 4.94. The third-order valence-corrected chi connectivity index (χ3v) is 4.09. The first-order valence-electron chi connectivity index (χ1n) is 9.94. The minimum absolute atomic E-state index is 0.000582. The van der Waals surface area contributed by atoms with Gasteiger partial charge in [0.15, 0.2) is 0 Å². The topological polar surface area (TPSA) is 71.1 Å². The van der Waals surface area contributed by atoms with Gasteiger partial charge in [-0.2, -0.15) is 0 Å². The molecule has 0 saturated carbocycles. The molecule has 0 radical (unpaired) electrons. The van der Waals surface area contributed by atoms with Crippen molar-refractivity contribution in [2.45, 2.75) is 39.5 Å². The number of carbonyl (C=O) groups is 2. The van der Waals surface area contributed by atoms with E-state index < -0.39 is 0 Å². The second-order valence-electron chi connectivity index (χ2n) is 6.43. The highest BCUT2D eigenvalue weighted by Gasteiger charge is 2.09. The predicted molar refractivity (Wildman–Crippen MR) is 112 cm³/mol. The molecule has 2 aromatic carbocycles. The number of hydrogen-bond acceptors (Lipinski definition) is 6. The Kier molecular flexibility index (Phi) is 9.62. The molecule has 2 aromatic rings. The van der Waals surface area contributed by atoms with Crippen LogP contribution in [0.15, 0.2) is 48.5 Å². The van der Waals surface area contributed by atoms with Crippen LogP contribution in [0.5, 0.6) is 11.5 Å². The van der Waals surface area contributed by atoms with Gasteiger partial charge in [0.1, 0.15) is 11.5 Å². The molecule has 0 aliphatic heterocycles. The van der Waals surface area contributed by atoms with Crippen molar-refractivity contribution in [2.24, 2.45) is 0 Å². The predicted octanol–water partition coefficient (Wildman–Crippen LogP) is 4.32. The van der Waals surface area contributed by atoms with E-state index in [1.807, 2.05) is 13.8 Å². The van der Waals surface area contributed by atoms with Crippen LogP contribution >= 0.6 is 0 Å². The van der Waals surface area contributed by atoms with E-state index >= 15 is 0 Å². The normalized spacial score (nSPS) is 10.1. The van der Waals surface area contributed by atoms with Crippen molar-refractivity contribution in [1.82, 2.24) is 0 Å². The van der Waals surface area contributed by atoms with Gasteiger partial charge < -0.3 is 18.8 Å². The second kappa shape index (κ2) is 12.5. The molecule has 6 nitrogen and oxygen atoms in total. The number of ether oxygens (including phenoxy) is 2. The zero-order valence-corrected chi connectivity index (χ0v) is 17.0. The Morgan fingerprint density at radius 1 is 0.690 bits per heavy atom. The van der Waals surface area contributed by atoms with E-state index in [-0.39, 0.29) is 19.6 Å². The number of hydrogen-bond donors (Lipinski definition) is 0. The molecule has 0 heterocycles. The second-order valence-corrected chi connectivity index (χ2v) is 6.43. The maximum atomic E-state index is 11.9. The van der Waals surface area contributed by atoms with E-state index in [4.69, 9.17) is 18.8 Å². The molecule has 0 unspecified atom stereocenters. The van der Waals surface area contributed by atoms with Gasteiger partial charge in [-0.05, 0) is 61.4 Å². The molecular weight excluding hydrogens is 371 g/mol. The van der Waals surface area contributed by atoms with Crippen molar-refractivity contribution in [1.29, 1.82) is 0 Å². The van der Waals surface area contributed by atoms with Crippen LogP contribution in [0, 0.1) is 0 Å². The highest BCUT2D eigenvalue weighted by molar-refractivity contribution is 6.20. The summed E-state index contributed by atoms with van der Waals surface area (Å²) in [6, 6.07) is 13.4. The number of esters is 2. The van der Waals surface area contributed by atoms with Gasteiger partial charge in [0.25, 0.3) is 0 Å². The molecule has 29 heavy (non-hydrogen) atoms. The first-order chi connectivity index (χ1) is 14.1. The van der Waals surface area contributed by atoms with E-state index in [0.717, 1.165) is 25.7 Å². The van der Waals surface area contributed by atoms with Gasteiger partial charge in [0, 0.05) is 0 Å². The Labute approximate surface area is 172 Å². The third kappa shape index (κ3) is 7.89. The molecule has 0 spiro atoms. The van der Waals surface area contributed by atoms with E-state index in [1.165, 1.54) is 0 Å². The molecule has 0 N–H and O–H groups in total. The first kappa shape index (κ1) is 22.3. The summed E-state index contributed by atoms with van der Waals surface area (Å²) in [7, 11) is 0.000582. The van der Waals surface area contributed by atoms with E-state index in [1.54, 1.807) is 48.5 Å². The van der Waals surface area contributed by atoms with Gasteiger partial charge >= 0.3 is 19.6 Å². The maximum absolute atomic E-state index is 11.9. The van der Waals surface area contributed by atoms with Gasteiger partial charge in [-0.25, -0.2) is 9.59 Å². The molecule has 0 aromatic heterocycles. The average Bonchev–Trinajstić information content (AvgIpc) is 2.75. The van der Waals surface area contributed by atoms with Crippen LogP contribution < -0.4 is 9.31 Å². The van der Waals surface area contributed by atoms with Crippen molar-refractivity contribution >= 4 is 19.6 Å². The Hall–Kier alpha value is -2.96. The van der Waals surface area contributed by atoms with Crippen molar-refractivity contribution in [3.8, 4) is 11.5 Å². The number of benzene rings is 2. The maximum Gasteiger partial charge on any atom is 0.576 e. The van der Waals surface area contributed by atoms with Crippen molar-refractivity contribution in [2.75, 3.05) is 13.2 Å². The molecule has 0 atom stereocenters. The van der Waals surface area contributed by atoms with Gasteiger partial charge in [0.05, 0.1) is 24.3 Å². The number of carbonyl (C=O) groups excluding carboxylic acids is 2. The molecule has 0 fully saturated rings. The van der Waals surface area contributed by atoms with Crippen LogP contribution in [0.4, 0.5) is 0 Å². The van der Waals surface area contributed by atoms with Crippen LogP contribution in [0.3, 0.4) is 0 Å². The van der Waals surface area contributed by atoms with Crippen LogP contribution in [0.1, 0.15) is 60.2 Å². The molecule has 7 heteroatoms. The largest absolute Gasteiger partial charge is 0.576 e. The molecule has 0 aliphatic rings. The molecule has 0 bridgehead atoms. The zero-order valence-electron chi connectivity index (χ0n) is 17.0.